The van der Waals surface area contributed by atoms with Crippen LogP contribution >= 0.6 is 22.7 Å². The van der Waals surface area contributed by atoms with Crippen LogP contribution in [0.3, 0.4) is 0 Å². The average Bonchev–Trinajstić information content (AvgIpc) is 3.08. The van der Waals surface area contributed by atoms with Crippen LogP contribution < -0.4 is 5.43 Å². The second kappa shape index (κ2) is 5.58. The zero-order chi connectivity index (χ0) is 14.8. The van der Waals surface area contributed by atoms with E-state index in [0.717, 1.165) is 16.2 Å². The minimum atomic E-state index is -0.955. The monoisotopic (exact) mass is 318 g/mol. The molecule has 0 aliphatic rings. The van der Waals surface area contributed by atoms with Crippen molar-refractivity contribution in [3.63, 3.8) is 0 Å². The van der Waals surface area contributed by atoms with Crippen molar-refractivity contribution in [2.75, 3.05) is 5.43 Å². The third kappa shape index (κ3) is 2.63. The summed E-state index contributed by atoms with van der Waals surface area (Å²) in [6.07, 6.45) is 3.09. The molecule has 0 bridgehead atoms. The van der Waals surface area contributed by atoms with Gasteiger partial charge in [0.1, 0.15) is 11.2 Å². The lowest BCUT2D eigenvalue weighted by molar-refractivity contribution is 0.0701. The van der Waals surface area contributed by atoms with Gasteiger partial charge in [-0.15, -0.1) is 22.7 Å². The number of aromatic nitrogens is 2. The Balaban J connectivity index is 1.95. The highest BCUT2D eigenvalue weighted by atomic mass is 32.1. The molecule has 6 nitrogen and oxygen atoms in total. The van der Waals surface area contributed by atoms with Crippen LogP contribution in [0.25, 0.3) is 10.2 Å². The largest absolute Gasteiger partial charge is 0.477 e. The molecule has 0 saturated carbocycles. The van der Waals surface area contributed by atoms with Crippen LogP contribution in [0, 0.1) is 6.92 Å². The van der Waals surface area contributed by atoms with Gasteiger partial charge in [0, 0.05) is 10.4 Å². The predicted molar refractivity (Wildman–Crippen MR) is 84.6 cm³/mol. The summed E-state index contributed by atoms with van der Waals surface area (Å²) in [4.78, 5) is 20.7. The normalized spacial score (nSPS) is 11.3. The van der Waals surface area contributed by atoms with Crippen molar-refractivity contribution >= 4 is 50.9 Å². The Morgan fingerprint density at radius 2 is 2.33 bits per heavy atom. The van der Waals surface area contributed by atoms with Crippen LogP contribution in [0.4, 0.5) is 5.82 Å². The molecular weight excluding hydrogens is 308 g/mol. The number of hydrazone groups is 1. The van der Waals surface area contributed by atoms with Crippen LogP contribution in [0.1, 0.15) is 20.1 Å². The molecule has 21 heavy (non-hydrogen) atoms. The first kappa shape index (κ1) is 13.7. The van der Waals surface area contributed by atoms with E-state index in [1.54, 1.807) is 24.5 Å². The standard InChI is InChI=1S/C13H10N4O2S2/c1-7-9-11(21-10(7)13(18)19)12(15-6-14-9)17-16-5-8-3-2-4-20-8/h2-6H,1H3,(H,18,19)(H,14,15,17). The molecule has 0 radical (unpaired) electrons. The maximum absolute atomic E-state index is 11.2. The molecule has 0 aromatic carbocycles. The van der Waals surface area contributed by atoms with Gasteiger partial charge >= 0.3 is 5.97 Å². The van der Waals surface area contributed by atoms with E-state index >= 15 is 0 Å². The van der Waals surface area contributed by atoms with Crippen molar-refractivity contribution in [1.82, 2.24) is 9.97 Å². The minimum absolute atomic E-state index is 0.274. The lowest BCUT2D eigenvalue weighted by Crippen LogP contribution is -1.94. The molecule has 0 unspecified atom stereocenters. The van der Waals surface area contributed by atoms with Crippen molar-refractivity contribution in [2.24, 2.45) is 5.10 Å². The number of carboxylic acid groups (broad SMARTS) is 1. The highest BCUT2D eigenvalue weighted by Gasteiger charge is 2.17. The number of fused-ring (bicyclic) bond motifs is 1. The summed E-state index contributed by atoms with van der Waals surface area (Å²) >= 11 is 2.72. The SMILES string of the molecule is Cc1c(C(=O)O)sc2c(NN=Cc3cccs3)ncnc12. The second-order valence-electron chi connectivity index (χ2n) is 4.15. The third-order valence-electron chi connectivity index (χ3n) is 2.80. The number of carbonyl (C=O) groups is 1. The number of hydrogen-bond donors (Lipinski definition) is 2. The lowest BCUT2D eigenvalue weighted by atomic mass is 10.2. The van der Waals surface area contributed by atoms with Crippen molar-refractivity contribution in [1.29, 1.82) is 0 Å². The maximum Gasteiger partial charge on any atom is 0.346 e. The lowest BCUT2D eigenvalue weighted by Gasteiger charge is -1.99. The van der Waals surface area contributed by atoms with E-state index in [-0.39, 0.29) is 4.88 Å². The number of rotatable bonds is 4. The minimum Gasteiger partial charge on any atom is -0.477 e. The van der Waals surface area contributed by atoms with Crippen LogP contribution in [0.15, 0.2) is 28.9 Å². The van der Waals surface area contributed by atoms with Crippen LogP contribution in [0.5, 0.6) is 0 Å². The first-order valence-electron chi connectivity index (χ1n) is 5.97. The van der Waals surface area contributed by atoms with E-state index in [9.17, 15) is 9.90 Å². The van der Waals surface area contributed by atoms with Gasteiger partial charge in [-0.25, -0.2) is 14.8 Å². The molecule has 0 spiro atoms. The molecular formula is C13H10N4O2S2. The number of nitrogens with zero attached hydrogens (tertiary/aromatic N) is 3. The Morgan fingerprint density at radius 1 is 1.48 bits per heavy atom. The molecule has 0 aliphatic heterocycles. The number of carboxylic acids is 1. The highest BCUT2D eigenvalue weighted by Crippen LogP contribution is 2.33. The molecule has 0 fully saturated rings. The van der Waals surface area contributed by atoms with Gasteiger partial charge in [-0.05, 0) is 18.4 Å². The molecule has 3 aromatic rings. The number of anilines is 1. The van der Waals surface area contributed by atoms with E-state index < -0.39 is 5.97 Å². The number of nitrogens with one attached hydrogen (secondary N) is 1. The van der Waals surface area contributed by atoms with Gasteiger partial charge in [-0.1, -0.05) is 6.07 Å². The molecule has 3 heterocycles. The van der Waals surface area contributed by atoms with Gasteiger partial charge < -0.3 is 5.11 Å². The topological polar surface area (TPSA) is 87.5 Å². The summed E-state index contributed by atoms with van der Waals surface area (Å²) in [6.45, 7) is 1.74. The maximum atomic E-state index is 11.2. The molecule has 8 heteroatoms. The molecule has 0 amide bonds. The summed E-state index contributed by atoms with van der Waals surface area (Å²) in [5.41, 5.74) is 4.14. The molecule has 0 aliphatic carbocycles. The zero-order valence-corrected chi connectivity index (χ0v) is 12.5. The Morgan fingerprint density at radius 3 is 3.05 bits per heavy atom. The quantitative estimate of drug-likeness (QED) is 0.570. The Labute approximate surface area is 127 Å². The highest BCUT2D eigenvalue weighted by molar-refractivity contribution is 7.21. The fraction of sp³-hybridized carbons (Fsp3) is 0.0769. The van der Waals surface area contributed by atoms with Crippen LogP contribution in [0.2, 0.25) is 0 Å². The third-order valence-corrected chi connectivity index (χ3v) is 4.89. The fourth-order valence-corrected chi connectivity index (χ4v) is 3.45. The van der Waals surface area contributed by atoms with Gasteiger partial charge in [-0.3, -0.25) is 5.43 Å². The van der Waals surface area contributed by atoms with E-state index in [4.69, 9.17) is 0 Å². The summed E-state index contributed by atoms with van der Waals surface area (Å²) in [7, 11) is 0. The molecule has 3 rings (SSSR count). The molecule has 3 aromatic heterocycles. The van der Waals surface area contributed by atoms with Gasteiger partial charge in [0.25, 0.3) is 0 Å². The van der Waals surface area contributed by atoms with Crippen molar-refractivity contribution < 1.29 is 9.90 Å². The Bertz CT molecular complexity index is 824. The zero-order valence-electron chi connectivity index (χ0n) is 10.9. The number of thiophene rings is 2. The smallest absolute Gasteiger partial charge is 0.346 e. The van der Waals surface area contributed by atoms with Crippen molar-refractivity contribution in [3.05, 3.63) is 39.2 Å². The van der Waals surface area contributed by atoms with Gasteiger partial charge in [-0.2, -0.15) is 5.10 Å². The van der Waals surface area contributed by atoms with E-state index in [1.165, 1.54) is 6.33 Å². The van der Waals surface area contributed by atoms with Gasteiger partial charge in [0.15, 0.2) is 5.82 Å². The Hall–Kier alpha value is -2.32. The summed E-state index contributed by atoms with van der Waals surface area (Å²) in [6, 6.07) is 3.89. The predicted octanol–water partition coefficient (Wildman–Crippen LogP) is 3.21. The van der Waals surface area contributed by atoms with Gasteiger partial charge in [0.05, 0.1) is 16.4 Å². The Kier molecular flexibility index (Phi) is 3.63. The summed E-state index contributed by atoms with van der Waals surface area (Å²) < 4.78 is 0.690. The first-order valence-corrected chi connectivity index (χ1v) is 7.66. The van der Waals surface area contributed by atoms with Crippen LogP contribution in [-0.2, 0) is 0 Å². The first-order chi connectivity index (χ1) is 10.2. The molecule has 0 atom stereocenters. The van der Waals surface area contributed by atoms with E-state index in [1.807, 2.05) is 17.5 Å². The van der Waals surface area contributed by atoms with Crippen molar-refractivity contribution in [3.8, 4) is 0 Å². The average molecular weight is 318 g/mol. The number of hydrogen-bond acceptors (Lipinski definition) is 7. The van der Waals surface area contributed by atoms with E-state index in [0.29, 0.717) is 21.6 Å². The summed E-state index contributed by atoms with van der Waals surface area (Å²) in [5.74, 6) is -0.447. The molecule has 106 valence electrons. The molecule has 0 saturated heterocycles. The number of aryl methyl sites for hydroxylation is 1. The van der Waals surface area contributed by atoms with Crippen LogP contribution in [-0.4, -0.2) is 27.3 Å². The number of aromatic carboxylic acids is 1. The second-order valence-corrected chi connectivity index (χ2v) is 6.15. The fourth-order valence-electron chi connectivity index (χ4n) is 1.83. The van der Waals surface area contributed by atoms with Gasteiger partial charge in [0.2, 0.25) is 0 Å². The van der Waals surface area contributed by atoms with E-state index in [2.05, 4.69) is 20.5 Å². The molecule has 2 N–H and O–H groups in total. The summed E-state index contributed by atoms with van der Waals surface area (Å²) in [5, 5.41) is 15.3. The van der Waals surface area contributed by atoms with Crippen molar-refractivity contribution in [2.45, 2.75) is 6.92 Å².